The number of ether oxygens (including phenoxy) is 2. The number of carboxylic acid groups (broad SMARTS) is 1. The standard InChI is InChI=1S/C30H36O5/c1-20(30(32)33)24-15-13-23(14-16-24)17-25(12-8-11-22-9-6-5-7-10-22)29(31)26-18-27(34-3)21(2)28(19-26)35-4/h5-7,9-10,13-16,18-20,25,29,31H,8,11-12,17H2,1-4H3,(H,32,33)/t20?,25-,29+/m0/s1. The number of hydrogen-bond donors (Lipinski definition) is 2. The second-order valence-corrected chi connectivity index (χ2v) is 9.14. The summed E-state index contributed by atoms with van der Waals surface area (Å²) in [4.78, 5) is 11.3. The minimum atomic E-state index is -0.839. The Morgan fingerprint density at radius 2 is 1.49 bits per heavy atom. The first-order valence-corrected chi connectivity index (χ1v) is 12.1. The molecule has 0 aliphatic carbocycles. The van der Waals surface area contributed by atoms with E-state index in [1.807, 2.05) is 61.5 Å². The quantitative estimate of drug-likeness (QED) is 0.330. The van der Waals surface area contributed by atoms with Crippen molar-refractivity contribution in [1.29, 1.82) is 0 Å². The van der Waals surface area contributed by atoms with Crippen molar-refractivity contribution in [2.45, 2.75) is 51.6 Å². The first-order valence-electron chi connectivity index (χ1n) is 12.1. The number of hydrogen-bond acceptors (Lipinski definition) is 4. The molecule has 186 valence electrons. The zero-order valence-electron chi connectivity index (χ0n) is 21.0. The molecule has 5 heteroatoms. The maximum atomic E-state index is 11.5. The van der Waals surface area contributed by atoms with E-state index in [1.54, 1.807) is 21.1 Å². The van der Waals surface area contributed by atoms with Crippen LogP contribution in [0.25, 0.3) is 0 Å². The number of carbonyl (C=O) groups is 1. The summed E-state index contributed by atoms with van der Waals surface area (Å²) in [6, 6.07) is 21.9. The van der Waals surface area contributed by atoms with Crippen LogP contribution >= 0.6 is 0 Å². The molecule has 0 amide bonds. The Labute approximate surface area is 208 Å². The second kappa shape index (κ2) is 12.4. The van der Waals surface area contributed by atoms with E-state index in [0.29, 0.717) is 17.9 Å². The molecule has 0 aliphatic heterocycles. The number of rotatable bonds is 12. The van der Waals surface area contributed by atoms with E-state index in [4.69, 9.17) is 9.47 Å². The Morgan fingerprint density at radius 3 is 2.03 bits per heavy atom. The molecule has 0 aliphatic rings. The lowest BCUT2D eigenvalue weighted by atomic mass is 9.84. The number of aliphatic carboxylic acids is 1. The molecule has 5 nitrogen and oxygen atoms in total. The van der Waals surface area contributed by atoms with E-state index >= 15 is 0 Å². The van der Waals surface area contributed by atoms with Crippen LogP contribution in [0.2, 0.25) is 0 Å². The molecule has 0 spiro atoms. The summed E-state index contributed by atoms with van der Waals surface area (Å²) >= 11 is 0. The molecule has 3 aromatic carbocycles. The van der Waals surface area contributed by atoms with Gasteiger partial charge in [-0.05, 0) is 79.8 Å². The molecular formula is C30H36O5. The van der Waals surface area contributed by atoms with Crippen LogP contribution in [-0.4, -0.2) is 30.4 Å². The van der Waals surface area contributed by atoms with Crippen LogP contribution in [0.5, 0.6) is 11.5 Å². The van der Waals surface area contributed by atoms with Gasteiger partial charge >= 0.3 is 5.97 Å². The number of carboxylic acids is 1. The highest BCUT2D eigenvalue weighted by atomic mass is 16.5. The third-order valence-corrected chi connectivity index (χ3v) is 6.79. The largest absolute Gasteiger partial charge is 0.496 e. The first-order chi connectivity index (χ1) is 16.8. The smallest absolute Gasteiger partial charge is 0.310 e. The summed E-state index contributed by atoms with van der Waals surface area (Å²) in [5.41, 5.74) is 4.79. The van der Waals surface area contributed by atoms with E-state index in [-0.39, 0.29) is 5.92 Å². The zero-order valence-corrected chi connectivity index (χ0v) is 21.0. The Morgan fingerprint density at radius 1 is 0.886 bits per heavy atom. The van der Waals surface area contributed by atoms with Gasteiger partial charge in [-0.2, -0.15) is 0 Å². The Balaban J connectivity index is 1.83. The molecule has 0 radical (unpaired) electrons. The van der Waals surface area contributed by atoms with Crippen molar-refractivity contribution in [2.75, 3.05) is 14.2 Å². The summed E-state index contributed by atoms with van der Waals surface area (Å²) in [5.74, 6) is -0.0431. The number of methoxy groups -OCH3 is 2. The van der Waals surface area contributed by atoms with Gasteiger partial charge in [0.2, 0.25) is 0 Å². The Hall–Kier alpha value is -3.31. The Kier molecular flexibility index (Phi) is 9.32. The average Bonchev–Trinajstić information content (AvgIpc) is 2.88. The maximum absolute atomic E-state index is 11.5. The second-order valence-electron chi connectivity index (χ2n) is 9.14. The van der Waals surface area contributed by atoms with Gasteiger partial charge in [0.25, 0.3) is 0 Å². The summed E-state index contributed by atoms with van der Waals surface area (Å²) in [5, 5.41) is 20.8. The molecule has 2 N–H and O–H groups in total. The number of aliphatic hydroxyl groups is 1. The predicted molar refractivity (Wildman–Crippen MR) is 138 cm³/mol. The molecule has 3 aromatic rings. The van der Waals surface area contributed by atoms with Crippen molar-refractivity contribution in [3.63, 3.8) is 0 Å². The van der Waals surface area contributed by atoms with E-state index in [0.717, 1.165) is 41.5 Å². The van der Waals surface area contributed by atoms with Gasteiger partial charge in [0.1, 0.15) is 11.5 Å². The van der Waals surface area contributed by atoms with Gasteiger partial charge in [-0.15, -0.1) is 0 Å². The summed E-state index contributed by atoms with van der Waals surface area (Å²) in [7, 11) is 3.24. The highest BCUT2D eigenvalue weighted by Crippen LogP contribution is 2.37. The lowest BCUT2D eigenvalue weighted by molar-refractivity contribution is -0.138. The molecule has 0 bridgehead atoms. The van der Waals surface area contributed by atoms with Gasteiger partial charge in [0.05, 0.1) is 26.2 Å². The minimum absolute atomic E-state index is 0.0291. The summed E-state index contributed by atoms with van der Waals surface area (Å²) in [6.45, 7) is 3.62. The fourth-order valence-electron chi connectivity index (χ4n) is 4.52. The van der Waals surface area contributed by atoms with Crippen molar-refractivity contribution in [1.82, 2.24) is 0 Å². The molecular weight excluding hydrogens is 440 g/mol. The predicted octanol–water partition coefficient (Wildman–Crippen LogP) is 6.12. The van der Waals surface area contributed by atoms with Crippen LogP contribution in [0.15, 0.2) is 66.7 Å². The molecule has 3 rings (SSSR count). The normalized spacial score (nSPS) is 13.6. The van der Waals surface area contributed by atoms with Gasteiger partial charge < -0.3 is 19.7 Å². The Bertz CT molecular complexity index is 1070. The van der Waals surface area contributed by atoms with E-state index in [1.165, 1.54) is 5.56 Å². The molecule has 1 unspecified atom stereocenters. The number of aliphatic hydroxyl groups excluding tert-OH is 1. The molecule has 3 atom stereocenters. The van der Waals surface area contributed by atoms with Gasteiger partial charge in [-0.3, -0.25) is 4.79 Å². The molecule has 35 heavy (non-hydrogen) atoms. The molecule has 0 saturated carbocycles. The van der Waals surface area contributed by atoms with Crippen LogP contribution in [-0.2, 0) is 17.6 Å². The van der Waals surface area contributed by atoms with Crippen molar-refractivity contribution in [3.8, 4) is 11.5 Å². The third-order valence-electron chi connectivity index (χ3n) is 6.79. The summed E-state index contributed by atoms with van der Waals surface area (Å²) < 4.78 is 11.1. The van der Waals surface area contributed by atoms with E-state index < -0.39 is 18.0 Å². The fraction of sp³-hybridized carbons (Fsp3) is 0.367. The topological polar surface area (TPSA) is 76.0 Å². The monoisotopic (exact) mass is 476 g/mol. The average molecular weight is 477 g/mol. The zero-order chi connectivity index (χ0) is 25.4. The van der Waals surface area contributed by atoms with Crippen molar-refractivity contribution in [3.05, 3.63) is 94.5 Å². The molecule has 0 aromatic heterocycles. The van der Waals surface area contributed by atoms with E-state index in [9.17, 15) is 15.0 Å². The van der Waals surface area contributed by atoms with Gasteiger partial charge in [-0.25, -0.2) is 0 Å². The highest BCUT2D eigenvalue weighted by molar-refractivity contribution is 5.75. The van der Waals surface area contributed by atoms with Crippen LogP contribution in [0.1, 0.15) is 59.6 Å². The van der Waals surface area contributed by atoms with Crippen LogP contribution in [0, 0.1) is 12.8 Å². The lowest BCUT2D eigenvalue weighted by Gasteiger charge is -2.25. The van der Waals surface area contributed by atoms with E-state index in [2.05, 4.69) is 12.1 Å². The molecule has 0 saturated heterocycles. The lowest BCUT2D eigenvalue weighted by Crippen LogP contribution is -2.17. The minimum Gasteiger partial charge on any atom is -0.496 e. The fourth-order valence-corrected chi connectivity index (χ4v) is 4.52. The van der Waals surface area contributed by atoms with Gasteiger partial charge in [0, 0.05) is 5.56 Å². The molecule has 0 fully saturated rings. The van der Waals surface area contributed by atoms with Crippen LogP contribution in [0.4, 0.5) is 0 Å². The van der Waals surface area contributed by atoms with Crippen LogP contribution in [0.3, 0.4) is 0 Å². The number of aryl methyl sites for hydroxylation is 1. The highest BCUT2D eigenvalue weighted by Gasteiger charge is 2.24. The third kappa shape index (κ3) is 6.86. The van der Waals surface area contributed by atoms with Crippen molar-refractivity contribution in [2.24, 2.45) is 5.92 Å². The molecule has 0 heterocycles. The van der Waals surface area contributed by atoms with Crippen LogP contribution < -0.4 is 9.47 Å². The van der Waals surface area contributed by atoms with Gasteiger partial charge in [0.15, 0.2) is 0 Å². The van der Waals surface area contributed by atoms with Crippen molar-refractivity contribution < 1.29 is 24.5 Å². The maximum Gasteiger partial charge on any atom is 0.310 e. The number of benzene rings is 3. The van der Waals surface area contributed by atoms with Gasteiger partial charge in [-0.1, -0.05) is 54.6 Å². The first kappa shape index (κ1) is 26.3. The van der Waals surface area contributed by atoms with Crippen molar-refractivity contribution >= 4 is 5.97 Å². The SMILES string of the molecule is COc1cc([C@H](O)[C@@H](CCCc2ccccc2)Cc2ccc(C(C)C(=O)O)cc2)cc(OC)c1C. The summed E-state index contributed by atoms with van der Waals surface area (Å²) in [6.07, 6.45) is 2.70.